The van der Waals surface area contributed by atoms with Crippen molar-refractivity contribution in [2.24, 2.45) is 0 Å². The highest BCUT2D eigenvalue weighted by Crippen LogP contribution is 2.14. The number of benzene rings is 1. The van der Waals surface area contributed by atoms with Crippen molar-refractivity contribution in [2.75, 3.05) is 5.73 Å². The molecule has 0 bridgehead atoms. The van der Waals surface area contributed by atoms with Crippen molar-refractivity contribution in [2.45, 2.75) is 11.4 Å². The molecule has 0 saturated heterocycles. The van der Waals surface area contributed by atoms with E-state index in [4.69, 9.17) is 11.0 Å². The van der Waals surface area contributed by atoms with Gasteiger partial charge in [0, 0.05) is 18.4 Å². The Morgan fingerprint density at radius 2 is 2.00 bits per heavy atom. The van der Waals surface area contributed by atoms with Crippen LogP contribution in [0.5, 0.6) is 0 Å². The largest absolute Gasteiger partial charge is 0.398 e. The predicted molar refractivity (Wildman–Crippen MR) is 73.8 cm³/mol. The van der Waals surface area contributed by atoms with E-state index in [-0.39, 0.29) is 17.1 Å². The monoisotopic (exact) mass is 288 g/mol. The zero-order valence-corrected chi connectivity index (χ0v) is 11.3. The summed E-state index contributed by atoms with van der Waals surface area (Å²) in [5.74, 6) is 0. The molecule has 0 unspecified atom stereocenters. The highest BCUT2D eigenvalue weighted by molar-refractivity contribution is 7.89. The molecule has 0 aliphatic heterocycles. The number of sulfonamides is 1. The van der Waals surface area contributed by atoms with Crippen LogP contribution in [-0.4, -0.2) is 13.4 Å². The third-order valence-electron chi connectivity index (χ3n) is 2.67. The van der Waals surface area contributed by atoms with E-state index in [1.54, 1.807) is 30.3 Å². The molecule has 6 nitrogen and oxygen atoms in total. The van der Waals surface area contributed by atoms with Gasteiger partial charge in [-0.1, -0.05) is 18.2 Å². The van der Waals surface area contributed by atoms with Crippen LogP contribution in [-0.2, 0) is 16.6 Å². The van der Waals surface area contributed by atoms with Gasteiger partial charge >= 0.3 is 0 Å². The first-order valence-electron chi connectivity index (χ1n) is 5.73. The van der Waals surface area contributed by atoms with Gasteiger partial charge in [0.2, 0.25) is 10.0 Å². The zero-order chi connectivity index (χ0) is 14.6. The molecule has 0 fully saturated rings. The number of nitrogens with one attached hydrogen (secondary N) is 1. The van der Waals surface area contributed by atoms with E-state index in [2.05, 4.69) is 9.71 Å². The summed E-state index contributed by atoms with van der Waals surface area (Å²) in [5.41, 5.74) is 6.77. The second-order valence-electron chi connectivity index (χ2n) is 3.99. The lowest BCUT2D eigenvalue weighted by atomic mass is 10.2. The van der Waals surface area contributed by atoms with E-state index in [1.165, 1.54) is 18.3 Å². The zero-order valence-electron chi connectivity index (χ0n) is 10.4. The molecule has 1 aromatic carbocycles. The average Bonchev–Trinajstić information content (AvgIpc) is 2.46. The molecule has 102 valence electrons. The summed E-state index contributed by atoms with van der Waals surface area (Å²) in [5, 5.41) is 8.89. The lowest BCUT2D eigenvalue weighted by Crippen LogP contribution is -2.24. The van der Waals surface area contributed by atoms with Gasteiger partial charge < -0.3 is 5.73 Å². The van der Waals surface area contributed by atoms with E-state index in [1.807, 2.05) is 0 Å². The fourth-order valence-corrected chi connectivity index (χ4v) is 2.75. The molecule has 20 heavy (non-hydrogen) atoms. The Bertz CT molecular complexity index is 766. The minimum Gasteiger partial charge on any atom is -0.398 e. The van der Waals surface area contributed by atoms with Crippen molar-refractivity contribution in [3.63, 3.8) is 0 Å². The van der Waals surface area contributed by atoms with Crippen LogP contribution in [0.2, 0.25) is 0 Å². The molecule has 1 heterocycles. The number of aromatic nitrogens is 1. The number of pyridine rings is 1. The number of nitrogens with two attached hydrogens (primary N) is 1. The van der Waals surface area contributed by atoms with Crippen molar-refractivity contribution >= 4 is 15.7 Å². The number of nitrogens with zero attached hydrogens (tertiary/aromatic N) is 2. The molecule has 0 aliphatic rings. The second kappa shape index (κ2) is 5.69. The highest BCUT2D eigenvalue weighted by Gasteiger charge is 2.19. The minimum atomic E-state index is -3.81. The van der Waals surface area contributed by atoms with E-state index < -0.39 is 10.0 Å². The topological polar surface area (TPSA) is 109 Å². The summed E-state index contributed by atoms with van der Waals surface area (Å²) >= 11 is 0. The summed E-state index contributed by atoms with van der Waals surface area (Å²) in [4.78, 5) is 3.59. The van der Waals surface area contributed by atoms with Gasteiger partial charge in [0.15, 0.2) is 5.69 Å². The first-order chi connectivity index (χ1) is 9.54. The van der Waals surface area contributed by atoms with Crippen LogP contribution in [0.4, 0.5) is 5.69 Å². The van der Waals surface area contributed by atoms with E-state index >= 15 is 0 Å². The summed E-state index contributed by atoms with van der Waals surface area (Å²) in [6.07, 6.45) is 1.37. The Morgan fingerprint density at radius 3 is 2.70 bits per heavy atom. The Morgan fingerprint density at radius 1 is 1.25 bits per heavy atom. The number of anilines is 1. The van der Waals surface area contributed by atoms with Crippen LogP contribution >= 0.6 is 0 Å². The van der Waals surface area contributed by atoms with Gasteiger partial charge in [0.25, 0.3) is 0 Å². The number of hydrogen-bond donors (Lipinski definition) is 2. The fourth-order valence-electron chi connectivity index (χ4n) is 1.64. The molecule has 0 saturated carbocycles. The van der Waals surface area contributed by atoms with Crippen molar-refractivity contribution in [3.05, 3.63) is 53.9 Å². The molecule has 1 aromatic heterocycles. The average molecular weight is 288 g/mol. The highest BCUT2D eigenvalue weighted by atomic mass is 32.2. The molecule has 2 rings (SSSR count). The number of nitriles is 1. The Kier molecular flexibility index (Phi) is 3.98. The van der Waals surface area contributed by atoms with E-state index in [0.717, 1.165) is 0 Å². The summed E-state index contributed by atoms with van der Waals surface area (Å²) in [6, 6.07) is 11.5. The molecule has 0 atom stereocenters. The number of hydrogen-bond acceptors (Lipinski definition) is 5. The number of nitrogen functional groups attached to an aromatic ring is 1. The molecular formula is C13H12N4O2S. The van der Waals surface area contributed by atoms with Gasteiger partial charge in [0.05, 0.1) is 0 Å². The van der Waals surface area contributed by atoms with Crippen LogP contribution in [0.1, 0.15) is 11.3 Å². The maximum Gasteiger partial charge on any atom is 0.243 e. The normalized spacial score (nSPS) is 10.9. The first-order valence-corrected chi connectivity index (χ1v) is 7.21. The minimum absolute atomic E-state index is 0.0504. The molecule has 7 heteroatoms. The molecule has 3 N–H and O–H groups in total. The summed E-state index contributed by atoms with van der Waals surface area (Å²) in [7, 11) is -3.81. The molecule has 0 radical (unpaired) electrons. The van der Waals surface area contributed by atoms with Gasteiger partial charge in [-0.15, -0.1) is 0 Å². The second-order valence-corrected chi connectivity index (χ2v) is 5.72. The standard InChI is InChI=1S/C13H12N4O2S/c14-8-12-13(6-3-7-16-12)20(18,19)17-9-10-4-1-2-5-11(10)15/h1-7,17H,9,15H2. The Balaban J connectivity index is 2.25. The van der Waals surface area contributed by atoms with Crippen LogP contribution in [0, 0.1) is 11.3 Å². The van der Waals surface area contributed by atoms with Crippen LogP contribution < -0.4 is 10.5 Å². The molecule has 0 amide bonds. The Hall–Kier alpha value is -2.43. The fraction of sp³-hybridized carbons (Fsp3) is 0.0769. The van der Waals surface area contributed by atoms with Crippen molar-refractivity contribution in [3.8, 4) is 6.07 Å². The maximum absolute atomic E-state index is 12.2. The third kappa shape index (κ3) is 2.93. The predicted octanol–water partition coefficient (Wildman–Crippen LogP) is 1.01. The summed E-state index contributed by atoms with van der Waals surface area (Å²) < 4.78 is 26.7. The van der Waals surface area contributed by atoms with Crippen molar-refractivity contribution in [1.82, 2.24) is 9.71 Å². The van der Waals surface area contributed by atoms with Gasteiger partial charge in [-0.2, -0.15) is 5.26 Å². The smallest absolute Gasteiger partial charge is 0.243 e. The quantitative estimate of drug-likeness (QED) is 0.816. The number of rotatable bonds is 4. The third-order valence-corrected chi connectivity index (χ3v) is 4.11. The lowest BCUT2D eigenvalue weighted by molar-refractivity contribution is 0.580. The molecular weight excluding hydrogens is 276 g/mol. The lowest BCUT2D eigenvalue weighted by Gasteiger charge is -2.09. The van der Waals surface area contributed by atoms with Gasteiger partial charge in [-0.3, -0.25) is 0 Å². The van der Waals surface area contributed by atoms with Gasteiger partial charge in [-0.25, -0.2) is 18.1 Å². The maximum atomic E-state index is 12.2. The molecule has 0 aliphatic carbocycles. The van der Waals surface area contributed by atoms with E-state index in [0.29, 0.717) is 11.3 Å². The van der Waals surface area contributed by atoms with Gasteiger partial charge in [0.1, 0.15) is 11.0 Å². The molecule has 0 spiro atoms. The van der Waals surface area contributed by atoms with Crippen LogP contribution in [0.25, 0.3) is 0 Å². The van der Waals surface area contributed by atoms with Crippen molar-refractivity contribution in [1.29, 1.82) is 5.26 Å². The Labute approximate surface area is 116 Å². The van der Waals surface area contributed by atoms with Crippen LogP contribution in [0.15, 0.2) is 47.5 Å². The van der Waals surface area contributed by atoms with Gasteiger partial charge in [-0.05, 0) is 23.8 Å². The number of para-hydroxylation sites is 1. The first kappa shape index (κ1) is 14.0. The van der Waals surface area contributed by atoms with Crippen LogP contribution in [0.3, 0.4) is 0 Å². The van der Waals surface area contributed by atoms with E-state index in [9.17, 15) is 8.42 Å². The SMILES string of the molecule is N#Cc1ncccc1S(=O)(=O)NCc1ccccc1N. The van der Waals surface area contributed by atoms with Crippen molar-refractivity contribution < 1.29 is 8.42 Å². The molecule has 2 aromatic rings. The summed E-state index contributed by atoms with van der Waals surface area (Å²) in [6.45, 7) is 0.0504.